The molecule has 0 spiro atoms. The number of hydrogen-bond acceptors (Lipinski definition) is 3. The second-order valence-electron chi connectivity index (χ2n) is 8.84. The Hall–Kier alpha value is -1.87. The Morgan fingerprint density at radius 2 is 1.88 bits per heavy atom. The van der Waals surface area contributed by atoms with Crippen molar-refractivity contribution in [3.63, 3.8) is 0 Å². The van der Waals surface area contributed by atoms with Gasteiger partial charge in [-0.25, -0.2) is 4.99 Å². The van der Waals surface area contributed by atoms with Gasteiger partial charge in [-0.3, -0.25) is 0 Å². The van der Waals surface area contributed by atoms with Crippen molar-refractivity contribution in [2.24, 2.45) is 10.9 Å². The van der Waals surface area contributed by atoms with Gasteiger partial charge in [-0.1, -0.05) is 82.7 Å². The number of nitrogens with zero attached hydrogens (tertiary/aromatic N) is 1. The minimum absolute atomic E-state index is 0.245. The van der Waals surface area contributed by atoms with Crippen molar-refractivity contribution in [1.29, 1.82) is 0 Å². The molecule has 1 saturated carbocycles. The van der Waals surface area contributed by atoms with E-state index in [-0.39, 0.29) is 18.2 Å². The number of fused-ring (bicyclic) bond motifs is 1. The third-order valence-electron chi connectivity index (χ3n) is 5.83. The van der Waals surface area contributed by atoms with E-state index in [9.17, 15) is 0 Å². The lowest BCUT2D eigenvalue weighted by molar-refractivity contribution is 0.0500. The predicted molar refractivity (Wildman–Crippen MR) is 140 cm³/mol. The molecule has 32 heavy (non-hydrogen) atoms. The SMILES string of the molecule is C=C/C=C\C(C)=C/C.CCC.CCC1OC(C)=NC1CCOC1C=C2CCCC2=CC1C. The lowest BCUT2D eigenvalue weighted by Crippen LogP contribution is -2.26. The highest BCUT2D eigenvalue weighted by atomic mass is 16.5. The van der Waals surface area contributed by atoms with Gasteiger partial charge >= 0.3 is 0 Å². The first kappa shape index (κ1) is 28.2. The minimum Gasteiger partial charge on any atom is -0.476 e. The zero-order valence-electron chi connectivity index (χ0n) is 21.7. The predicted octanol–water partition coefficient (Wildman–Crippen LogP) is 8.16. The van der Waals surface area contributed by atoms with Gasteiger partial charge in [0, 0.05) is 19.4 Å². The largest absolute Gasteiger partial charge is 0.476 e. The molecule has 0 saturated heterocycles. The molecule has 3 nitrogen and oxygen atoms in total. The van der Waals surface area contributed by atoms with Crippen LogP contribution < -0.4 is 0 Å². The molecule has 0 radical (unpaired) electrons. The molecule has 1 aliphatic heterocycles. The van der Waals surface area contributed by atoms with Crippen LogP contribution in [0.3, 0.4) is 0 Å². The van der Waals surface area contributed by atoms with Crippen molar-refractivity contribution in [2.45, 2.75) is 105 Å². The van der Waals surface area contributed by atoms with E-state index in [0.717, 1.165) is 25.3 Å². The quantitative estimate of drug-likeness (QED) is 0.373. The molecule has 3 heteroatoms. The Morgan fingerprint density at radius 3 is 2.47 bits per heavy atom. The number of hydrogen-bond donors (Lipinski definition) is 0. The van der Waals surface area contributed by atoms with Crippen LogP contribution in [0.4, 0.5) is 0 Å². The highest BCUT2D eigenvalue weighted by Crippen LogP contribution is 2.36. The van der Waals surface area contributed by atoms with Crippen LogP contribution in [0.15, 0.2) is 64.7 Å². The van der Waals surface area contributed by atoms with Gasteiger partial charge in [-0.2, -0.15) is 0 Å². The number of aliphatic imine (C=N–C) groups is 1. The summed E-state index contributed by atoms with van der Waals surface area (Å²) in [5, 5.41) is 0. The van der Waals surface area contributed by atoms with Crippen LogP contribution in [-0.4, -0.2) is 30.8 Å². The lowest BCUT2D eigenvalue weighted by Gasteiger charge is -2.25. The first-order valence-electron chi connectivity index (χ1n) is 12.6. The molecule has 0 bridgehead atoms. The molecule has 4 atom stereocenters. The fourth-order valence-corrected chi connectivity index (χ4v) is 4.02. The molecule has 2 aliphatic carbocycles. The standard InChI is InChI=1S/C18H27NO2.C8H12.C3H8/c1-4-17-16(19-13(3)21-17)8-9-20-18-11-15-7-5-6-14(15)10-12(18)2;1-4-6-7-8(3)5-2;1-3-2/h10-12,16-18H,4-9H2,1-3H3;4-7H,1H2,2-3H3;3H2,1-2H3/b;7-6-,8-5-;. The van der Waals surface area contributed by atoms with Gasteiger partial charge in [-0.05, 0) is 57.1 Å². The zero-order chi connectivity index (χ0) is 23.9. The zero-order valence-corrected chi connectivity index (χ0v) is 21.7. The average molecular weight is 442 g/mol. The van der Waals surface area contributed by atoms with Gasteiger partial charge in [0.05, 0.1) is 12.1 Å². The van der Waals surface area contributed by atoms with E-state index in [1.54, 1.807) is 11.6 Å². The van der Waals surface area contributed by atoms with Crippen molar-refractivity contribution < 1.29 is 9.47 Å². The van der Waals surface area contributed by atoms with E-state index in [1.165, 1.54) is 36.8 Å². The summed E-state index contributed by atoms with van der Waals surface area (Å²) in [6, 6.07) is 0.277. The molecule has 0 aromatic rings. The summed E-state index contributed by atoms with van der Waals surface area (Å²) in [5.74, 6) is 1.33. The summed E-state index contributed by atoms with van der Waals surface area (Å²) in [6.07, 6.45) is 20.1. The van der Waals surface area contributed by atoms with E-state index in [4.69, 9.17) is 9.47 Å². The van der Waals surface area contributed by atoms with Crippen LogP contribution in [0.1, 0.15) is 87.0 Å². The van der Waals surface area contributed by atoms with Crippen LogP contribution in [0, 0.1) is 5.92 Å². The van der Waals surface area contributed by atoms with Gasteiger partial charge in [0.15, 0.2) is 5.90 Å². The van der Waals surface area contributed by atoms with Crippen molar-refractivity contribution in [3.05, 3.63) is 59.8 Å². The Kier molecular flexibility index (Phi) is 14.0. The van der Waals surface area contributed by atoms with Crippen LogP contribution in [-0.2, 0) is 9.47 Å². The molecule has 3 aliphatic rings. The number of allylic oxidation sites excluding steroid dienone is 7. The first-order valence-corrected chi connectivity index (χ1v) is 12.6. The molecule has 0 N–H and O–H groups in total. The third kappa shape index (κ3) is 9.73. The second-order valence-corrected chi connectivity index (χ2v) is 8.84. The Bertz CT molecular complexity index is 711. The molecule has 0 amide bonds. The van der Waals surface area contributed by atoms with E-state index in [2.05, 4.69) is 64.4 Å². The molecule has 0 aromatic carbocycles. The maximum Gasteiger partial charge on any atom is 0.180 e. The van der Waals surface area contributed by atoms with Crippen molar-refractivity contribution >= 4 is 5.90 Å². The minimum atomic E-state index is 0.245. The maximum atomic E-state index is 6.15. The Morgan fingerprint density at radius 1 is 1.22 bits per heavy atom. The van der Waals surface area contributed by atoms with Crippen molar-refractivity contribution in [2.75, 3.05) is 6.61 Å². The molecule has 3 rings (SSSR count). The number of ether oxygens (including phenoxy) is 2. The highest BCUT2D eigenvalue weighted by Gasteiger charge is 2.29. The van der Waals surface area contributed by atoms with Gasteiger partial charge in [-0.15, -0.1) is 0 Å². The highest BCUT2D eigenvalue weighted by molar-refractivity contribution is 5.75. The average Bonchev–Trinajstić information content (AvgIpc) is 3.38. The molecule has 4 unspecified atom stereocenters. The van der Waals surface area contributed by atoms with Gasteiger partial charge in [0.1, 0.15) is 6.10 Å². The fourth-order valence-electron chi connectivity index (χ4n) is 4.02. The van der Waals surface area contributed by atoms with E-state index >= 15 is 0 Å². The number of rotatable bonds is 7. The van der Waals surface area contributed by atoms with E-state index in [1.807, 2.05) is 26.0 Å². The molecule has 180 valence electrons. The summed E-state index contributed by atoms with van der Waals surface area (Å²) in [7, 11) is 0. The first-order chi connectivity index (χ1) is 15.4. The smallest absolute Gasteiger partial charge is 0.180 e. The maximum absolute atomic E-state index is 6.15. The Balaban J connectivity index is 0.000000392. The van der Waals surface area contributed by atoms with Crippen LogP contribution in [0.5, 0.6) is 0 Å². The van der Waals surface area contributed by atoms with Crippen LogP contribution in [0.2, 0.25) is 0 Å². The van der Waals surface area contributed by atoms with E-state index < -0.39 is 0 Å². The Labute approximate surface area is 198 Å². The molecular formula is C29H47NO2. The third-order valence-corrected chi connectivity index (χ3v) is 5.83. The summed E-state index contributed by atoms with van der Waals surface area (Å²) >= 11 is 0. The molecule has 1 heterocycles. The topological polar surface area (TPSA) is 30.8 Å². The summed E-state index contributed by atoms with van der Waals surface area (Å²) in [4.78, 5) is 4.58. The summed E-state index contributed by atoms with van der Waals surface area (Å²) in [6.45, 7) is 19.0. The molecule has 1 fully saturated rings. The fraction of sp³-hybridized carbons (Fsp3) is 0.621. The monoisotopic (exact) mass is 441 g/mol. The molecule has 0 aromatic heterocycles. The normalized spacial score (nSPS) is 26.6. The lowest BCUT2D eigenvalue weighted by atomic mass is 9.91. The van der Waals surface area contributed by atoms with Crippen LogP contribution in [0.25, 0.3) is 0 Å². The summed E-state index contributed by atoms with van der Waals surface area (Å²) < 4.78 is 11.9. The second kappa shape index (κ2) is 15.9. The van der Waals surface area contributed by atoms with E-state index in [0.29, 0.717) is 5.92 Å². The van der Waals surface area contributed by atoms with Crippen molar-refractivity contribution in [1.82, 2.24) is 0 Å². The van der Waals surface area contributed by atoms with Gasteiger partial charge in [0.25, 0.3) is 0 Å². The van der Waals surface area contributed by atoms with Crippen molar-refractivity contribution in [3.8, 4) is 0 Å². The molecular weight excluding hydrogens is 394 g/mol. The van der Waals surface area contributed by atoms with Crippen LogP contribution >= 0.6 is 0 Å². The van der Waals surface area contributed by atoms with Gasteiger partial charge in [0.2, 0.25) is 0 Å². The summed E-state index contributed by atoms with van der Waals surface area (Å²) in [5.41, 5.74) is 4.37. The van der Waals surface area contributed by atoms with Gasteiger partial charge < -0.3 is 9.47 Å².